The van der Waals surface area contributed by atoms with Crippen LogP contribution in [0.15, 0.2) is 115 Å². The highest BCUT2D eigenvalue weighted by molar-refractivity contribution is 5.68. The Morgan fingerprint density at radius 3 is 2.09 bits per heavy atom. The second-order valence-electron chi connectivity index (χ2n) is 6.88. The molecule has 0 bridgehead atoms. The Morgan fingerprint density at radius 1 is 0.848 bits per heavy atom. The summed E-state index contributed by atoms with van der Waals surface area (Å²) in [5, 5.41) is 9.34. The van der Waals surface area contributed by atoms with Crippen molar-refractivity contribution in [1.82, 2.24) is 0 Å². The number of methoxy groups -OCH3 is 1. The monoisotopic (exact) mass is 454 g/mol. The fourth-order valence-corrected chi connectivity index (χ4v) is 2.60. The molecule has 0 aromatic heterocycles. The summed E-state index contributed by atoms with van der Waals surface area (Å²) in [6.07, 6.45) is 5.53. The highest BCUT2D eigenvalue weighted by Gasteiger charge is 2.15. The molecule has 0 aliphatic heterocycles. The third-order valence-electron chi connectivity index (χ3n) is 4.60. The molecule has 170 valence electrons. The Bertz CT molecular complexity index is 1200. The number of halogens is 4. The Balaban J connectivity index is 2.14. The number of hydrogen-bond acceptors (Lipinski definition) is 2. The first kappa shape index (κ1) is 25.2. The van der Waals surface area contributed by atoms with E-state index < -0.39 is 29.0 Å². The molecular formula is C27H22F4O2. The first-order valence-electron chi connectivity index (χ1n) is 9.56. The largest absolute Gasteiger partial charge is 0.508 e. The van der Waals surface area contributed by atoms with Crippen LogP contribution in [0.25, 0.3) is 17.2 Å². The van der Waals surface area contributed by atoms with Gasteiger partial charge in [0.05, 0.1) is 7.11 Å². The van der Waals surface area contributed by atoms with Crippen LogP contribution in [0, 0.1) is 11.6 Å². The normalized spacial score (nSPS) is 12.0. The van der Waals surface area contributed by atoms with Gasteiger partial charge in [-0.05, 0) is 28.8 Å². The molecule has 0 saturated heterocycles. The molecular weight excluding hydrogens is 432 g/mol. The molecule has 2 aromatic carbocycles. The Labute approximate surface area is 190 Å². The van der Waals surface area contributed by atoms with Crippen LogP contribution in [0.1, 0.15) is 5.56 Å². The molecule has 2 rings (SSSR count). The van der Waals surface area contributed by atoms with E-state index >= 15 is 0 Å². The lowest BCUT2D eigenvalue weighted by Gasteiger charge is -2.07. The molecule has 6 heteroatoms. The first-order valence-corrected chi connectivity index (χ1v) is 9.56. The van der Waals surface area contributed by atoms with E-state index in [4.69, 9.17) is 0 Å². The van der Waals surface area contributed by atoms with Crippen molar-refractivity contribution < 1.29 is 27.4 Å². The van der Waals surface area contributed by atoms with Gasteiger partial charge in [-0.2, -0.15) is 4.39 Å². The quantitative estimate of drug-likeness (QED) is 0.237. The van der Waals surface area contributed by atoms with E-state index in [1.165, 1.54) is 60.7 Å². The Morgan fingerprint density at radius 2 is 1.48 bits per heavy atom. The predicted octanol–water partition coefficient (Wildman–Crippen LogP) is 7.89. The van der Waals surface area contributed by atoms with Crippen LogP contribution in [0.3, 0.4) is 0 Å². The van der Waals surface area contributed by atoms with Crippen molar-refractivity contribution in [3.8, 4) is 16.9 Å². The van der Waals surface area contributed by atoms with E-state index in [9.17, 15) is 22.7 Å². The lowest BCUT2D eigenvalue weighted by Crippen LogP contribution is -1.93. The predicted molar refractivity (Wildman–Crippen MR) is 124 cm³/mol. The molecule has 0 unspecified atom stereocenters. The smallest absolute Gasteiger partial charge is 0.200 e. The zero-order valence-electron chi connectivity index (χ0n) is 18.0. The number of hydrogen-bond donors (Lipinski definition) is 1. The molecule has 0 aliphatic carbocycles. The fourth-order valence-electron chi connectivity index (χ4n) is 2.60. The van der Waals surface area contributed by atoms with Gasteiger partial charge in [-0.25, -0.2) is 13.2 Å². The summed E-state index contributed by atoms with van der Waals surface area (Å²) < 4.78 is 61.4. The maximum absolute atomic E-state index is 14.5. The van der Waals surface area contributed by atoms with Crippen LogP contribution < -0.4 is 0 Å². The number of aromatic hydroxyl groups is 1. The highest BCUT2D eigenvalue weighted by Crippen LogP contribution is 2.29. The number of phenols is 1. The average Bonchev–Trinajstić information content (AvgIpc) is 2.82. The minimum absolute atomic E-state index is 0.0121. The summed E-state index contributed by atoms with van der Waals surface area (Å²) in [5.74, 6) is -5.10. The third kappa shape index (κ3) is 6.23. The van der Waals surface area contributed by atoms with Crippen LogP contribution in [-0.4, -0.2) is 12.2 Å². The van der Waals surface area contributed by atoms with Gasteiger partial charge in [-0.1, -0.05) is 74.9 Å². The van der Waals surface area contributed by atoms with E-state index in [0.717, 1.165) is 7.11 Å². The number of allylic oxidation sites excluding steroid dienone is 8. The van der Waals surface area contributed by atoms with Crippen molar-refractivity contribution in [3.63, 3.8) is 0 Å². The van der Waals surface area contributed by atoms with Crippen LogP contribution in [0.2, 0.25) is 0 Å². The third-order valence-corrected chi connectivity index (χ3v) is 4.60. The zero-order valence-corrected chi connectivity index (χ0v) is 18.0. The standard InChI is InChI=1S/C27H22F4O2/c1-16(6-8-17(2)18(3)24(28)25(29)19(4)33-5)7-9-21-12-15-23(27(31)26(21)30)20-10-13-22(32)14-11-20/h6-15,32H,1-4H2,5H3/b8-6-,9-7+,25-24-. The Hall–Kier alpha value is -4.06. The van der Waals surface area contributed by atoms with Crippen molar-refractivity contribution in [2.75, 3.05) is 7.11 Å². The minimum Gasteiger partial charge on any atom is -0.508 e. The summed E-state index contributed by atoms with van der Waals surface area (Å²) in [7, 11) is 1.15. The maximum Gasteiger partial charge on any atom is 0.200 e. The average molecular weight is 454 g/mol. The van der Waals surface area contributed by atoms with E-state index in [1.807, 2.05) is 0 Å². The van der Waals surface area contributed by atoms with Gasteiger partial charge in [-0.15, -0.1) is 0 Å². The molecule has 1 N–H and O–H groups in total. The van der Waals surface area contributed by atoms with Crippen molar-refractivity contribution in [1.29, 1.82) is 0 Å². The maximum atomic E-state index is 14.5. The van der Waals surface area contributed by atoms with Gasteiger partial charge in [0.1, 0.15) is 11.5 Å². The van der Waals surface area contributed by atoms with E-state index in [1.54, 1.807) is 0 Å². The molecule has 0 amide bonds. The first-order chi connectivity index (χ1) is 15.6. The van der Waals surface area contributed by atoms with Crippen LogP contribution in [0.5, 0.6) is 5.75 Å². The topological polar surface area (TPSA) is 29.5 Å². The molecule has 0 aliphatic rings. The zero-order chi connectivity index (χ0) is 24.7. The van der Waals surface area contributed by atoms with Crippen molar-refractivity contribution in [2.45, 2.75) is 0 Å². The number of rotatable bonds is 9. The van der Waals surface area contributed by atoms with E-state index in [0.29, 0.717) is 11.1 Å². The van der Waals surface area contributed by atoms with Crippen LogP contribution >= 0.6 is 0 Å². The number of phenolic OH excluding ortho intramolecular Hbond substituents is 1. The fraction of sp³-hybridized carbons (Fsp3) is 0.0370. The second kappa shape index (κ2) is 11.0. The molecule has 0 saturated carbocycles. The second-order valence-corrected chi connectivity index (χ2v) is 6.88. The summed E-state index contributed by atoms with van der Waals surface area (Å²) in [6, 6.07) is 8.54. The molecule has 0 heterocycles. The summed E-state index contributed by atoms with van der Waals surface area (Å²) >= 11 is 0. The van der Waals surface area contributed by atoms with Gasteiger partial charge in [0.25, 0.3) is 0 Å². The molecule has 0 fully saturated rings. The molecule has 33 heavy (non-hydrogen) atoms. The van der Waals surface area contributed by atoms with E-state index in [2.05, 4.69) is 31.1 Å². The summed E-state index contributed by atoms with van der Waals surface area (Å²) in [5.41, 5.74) is 0.571. The van der Waals surface area contributed by atoms with Gasteiger partial charge >= 0.3 is 0 Å². The van der Waals surface area contributed by atoms with Crippen molar-refractivity contribution in [3.05, 3.63) is 132 Å². The van der Waals surface area contributed by atoms with Gasteiger partial charge < -0.3 is 9.84 Å². The van der Waals surface area contributed by atoms with Crippen molar-refractivity contribution >= 4 is 6.08 Å². The van der Waals surface area contributed by atoms with Gasteiger partial charge in [0.2, 0.25) is 5.83 Å². The number of benzene rings is 2. The highest BCUT2D eigenvalue weighted by atomic mass is 19.2. The molecule has 2 nitrogen and oxygen atoms in total. The van der Waals surface area contributed by atoms with E-state index in [-0.39, 0.29) is 28.0 Å². The molecule has 0 radical (unpaired) electrons. The summed E-state index contributed by atoms with van der Waals surface area (Å²) in [4.78, 5) is 0. The van der Waals surface area contributed by atoms with Gasteiger partial charge in [0.15, 0.2) is 17.5 Å². The molecule has 0 atom stereocenters. The minimum atomic E-state index is -1.29. The number of ether oxygens (including phenoxy) is 1. The van der Waals surface area contributed by atoms with Crippen LogP contribution in [0.4, 0.5) is 17.6 Å². The van der Waals surface area contributed by atoms with Gasteiger partial charge in [0, 0.05) is 16.7 Å². The van der Waals surface area contributed by atoms with Gasteiger partial charge in [-0.3, -0.25) is 0 Å². The summed E-state index contributed by atoms with van der Waals surface area (Å²) in [6.45, 7) is 14.0. The SMILES string of the molecule is C=C(/C=C\C(=C)C(=C)/C(F)=C(/F)C(=C)OC)/C=C/c1ccc(-c2ccc(O)cc2)c(F)c1F. The lowest BCUT2D eigenvalue weighted by atomic mass is 10.0. The molecule has 0 spiro atoms. The van der Waals surface area contributed by atoms with Crippen molar-refractivity contribution in [2.24, 2.45) is 0 Å². The molecule has 2 aromatic rings. The van der Waals surface area contributed by atoms with Crippen LogP contribution in [-0.2, 0) is 4.74 Å². The Kier molecular flexibility index (Phi) is 8.40. The lowest BCUT2D eigenvalue weighted by molar-refractivity contribution is 0.281.